The largest absolute Gasteiger partial charge is 0.389 e. The van der Waals surface area contributed by atoms with Crippen LogP contribution in [0.2, 0.25) is 0 Å². The van der Waals surface area contributed by atoms with Crippen LogP contribution >= 0.6 is 12.2 Å². The molecular weight excluding hydrogens is 232 g/mol. The molecule has 4 heteroatoms. The SMILES string of the molecule is CC(C)OCCN(C)c1ccc(C(N)=S)cc1. The normalized spacial score (nSPS) is 10.6. The molecule has 17 heavy (non-hydrogen) atoms. The first-order valence-corrected chi connectivity index (χ1v) is 6.14. The fourth-order valence-electron chi connectivity index (χ4n) is 1.43. The Balaban J connectivity index is 2.51. The van der Waals surface area contributed by atoms with Gasteiger partial charge in [0.2, 0.25) is 0 Å². The maximum Gasteiger partial charge on any atom is 0.103 e. The van der Waals surface area contributed by atoms with Crippen LogP contribution in [0.25, 0.3) is 0 Å². The number of thiocarbonyl (C=S) groups is 1. The van der Waals surface area contributed by atoms with Crippen molar-refractivity contribution in [1.82, 2.24) is 0 Å². The number of likely N-dealkylation sites (N-methyl/N-ethyl adjacent to an activating group) is 1. The number of anilines is 1. The minimum absolute atomic E-state index is 0.278. The van der Waals surface area contributed by atoms with E-state index in [2.05, 4.69) is 4.90 Å². The van der Waals surface area contributed by atoms with Crippen molar-refractivity contribution in [2.24, 2.45) is 5.73 Å². The summed E-state index contributed by atoms with van der Waals surface area (Å²) in [6.45, 7) is 5.67. The van der Waals surface area contributed by atoms with Crippen LogP contribution in [-0.4, -0.2) is 31.3 Å². The third-order valence-corrected chi connectivity index (χ3v) is 2.71. The lowest BCUT2D eigenvalue weighted by Crippen LogP contribution is -2.24. The van der Waals surface area contributed by atoms with Crippen LogP contribution in [-0.2, 0) is 4.74 Å². The number of hydrogen-bond donors (Lipinski definition) is 1. The highest BCUT2D eigenvalue weighted by Gasteiger charge is 2.02. The Morgan fingerprint density at radius 3 is 2.41 bits per heavy atom. The average molecular weight is 252 g/mol. The lowest BCUT2D eigenvalue weighted by atomic mass is 10.2. The summed E-state index contributed by atoms with van der Waals surface area (Å²) >= 11 is 4.91. The van der Waals surface area contributed by atoms with Gasteiger partial charge < -0.3 is 15.4 Å². The number of nitrogens with zero attached hydrogens (tertiary/aromatic N) is 1. The minimum atomic E-state index is 0.278. The standard InChI is InChI=1S/C13H20N2OS/c1-10(2)16-9-8-15(3)12-6-4-11(5-7-12)13(14)17/h4-7,10H,8-9H2,1-3H3,(H2,14,17). The monoisotopic (exact) mass is 252 g/mol. The molecule has 0 aliphatic heterocycles. The molecule has 0 fully saturated rings. The number of nitrogens with two attached hydrogens (primary N) is 1. The first-order chi connectivity index (χ1) is 8.00. The van der Waals surface area contributed by atoms with Gasteiger partial charge in [-0.3, -0.25) is 0 Å². The minimum Gasteiger partial charge on any atom is -0.389 e. The van der Waals surface area contributed by atoms with E-state index in [-0.39, 0.29) is 6.10 Å². The van der Waals surface area contributed by atoms with Crippen LogP contribution in [0.1, 0.15) is 19.4 Å². The third kappa shape index (κ3) is 4.71. The van der Waals surface area contributed by atoms with Crippen molar-refractivity contribution in [2.45, 2.75) is 20.0 Å². The maximum absolute atomic E-state index is 5.55. The molecule has 0 heterocycles. The van der Waals surface area contributed by atoms with Crippen LogP contribution in [0.3, 0.4) is 0 Å². The Hall–Kier alpha value is -1.13. The van der Waals surface area contributed by atoms with Gasteiger partial charge in [0, 0.05) is 24.8 Å². The zero-order valence-electron chi connectivity index (χ0n) is 10.6. The van der Waals surface area contributed by atoms with Crippen molar-refractivity contribution < 1.29 is 4.74 Å². The van der Waals surface area contributed by atoms with Crippen molar-refractivity contribution in [3.8, 4) is 0 Å². The summed E-state index contributed by atoms with van der Waals surface area (Å²) in [5.74, 6) is 0. The van der Waals surface area contributed by atoms with Crippen molar-refractivity contribution in [2.75, 3.05) is 25.1 Å². The van der Waals surface area contributed by atoms with Crippen molar-refractivity contribution in [1.29, 1.82) is 0 Å². The van der Waals surface area contributed by atoms with Crippen LogP contribution in [0, 0.1) is 0 Å². The van der Waals surface area contributed by atoms with Gasteiger partial charge in [0.25, 0.3) is 0 Å². The number of ether oxygens (including phenoxy) is 1. The molecule has 0 aliphatic carbocycles. The van der Waals surface area contributed by atoms with Gasteiger partial charge in [-0.25, -0.2) is 0 Å². The molecule has 94 valence electrons. The van der Waals surface area contributed by atoms with E-state index in [1.165, 1.54) is 0 Å². The molecule has 0 aliphatic rings. The van der Waals surface area contributed by atoms with Gasteiger partial charge in [-0.15, -0.1) is 0 Å². The summed E-state index contributed by atoms with van der Waals surface area (Å²) in [5.41, 5.74) is 7.59. The molecule has 1 aromatic carbocycles. The number of hydrogen-bond acceptors (Lipinski definition) is 3. The molecule has 2 N–H and O–H groups in total. The Kier molecular flexibility index (Phi) is 5.38. The topological polar surface area (TPSA) is 38.5 Å². The lowest BCUT2D eigenvalue weighted by Gasteiger charge is -2.20. The fourth-order valence-corrected chi connectivity index (χ4v) is 1.57. The van der Waals surface area contributed by atoms with Gasteiger partial charge in [-0.05, 0) is 38.1 Å². The van der Waals surface area contributed by atoms with Crippen molar-refractivity contribution in [3.63, 3.8) is 0 Å². The van der Waals surface area contributed by atoms with Crippen LogP contribution in [0.4, 0.5) is 5.69 Å². The number of benzene rings is 1. The van der Waals surface area contributed by atoms with E-state index in [1.54, 1.807) is 0 Å². The molecule has 0 amide bonds. The van der Waals surface area contributed by atoms with Crippen molar-refractivity contribution >= 4 is 22.9 Å². The summed E-state index contributed by atoms with van der Waals surface area (Å²) in [6, 6.07) is 7.92. The van der Waals surface area contributed by atoms with Gasteiger partial charge in [0.15, 0.2) is 0 Å². The molecule has 0 unspecified atom stereocenters. The lowest BCUT2D eigenvalue weighted by molar-refractivity contribution is 0.0846. The first kappa shape index (κ1) is 13.9. The van der Waals surface area contributed by atoms with E-state index in [0.29, 0.717) is 4.99 Å². The molecule has 0 saturated carbocycles. The van der Waals surface area contributed by atoms with Gasteiger partial charge in [-0.1, -0.05) is 12.2 Å². The molecule has 1 rings (SSSR count). The Labute approximate surface area is 109 Å². The van der Waals surface area contributed by atoms with Gasteiger partial charge in [0.05, 0.1) is 12.7 Å². The fraction of sp³-hybridized carbons (Fsp3) is 0.462. The summed E-state index contributed by atoms with van der Waals surface area (Å²) in [7, 11) is 2.04. The van der Waals surface area contributed by atoms with Crippen LogP contribution in [0.15, 0.2) is 24.3 Å². The first-order valence-electron chi connectivity index (χ1n) is 5.73. The number of rotatable bonds is 6. The second-order valence-electron chi connectivity index (χ2n) is 4.25. The van der Waals surface area contributed by atoms with Crippen LogP contribution in [0.5, 0.6) is 0 Å². The summed E-state index contributed by atoms with van der Waals surface area (Å²) < 4.78 is 5.51. The zero-order valence-corrected chi connectivity index (χ0v) is 11.5. The highest BCUT2D eigenvalue weighted by molar-refractivity contribution is 7.80. The zero-order chi connectivity index (χ0) is 12.8. The molecule has 0 aromatic heterocycles. The van der Waals surface area contributed by atoms with Crippen molar-refractivity contribution in [3.05, 3.63) is 29.8 Å². The average Bonchev–Trinajstić information content (AvgIpc) is 2.28. The summed E-state index contributed by atoms with van der Waals surface area (Å²) in [5, 5.41) is 0. The molecular formula is C13H20N2OS. The van der Waals surface area contributed by atoms with E-state index in [9.17, 15) is 0 Å². The smallest absolute Gasteiger partial charge is 0.103 e. The predicted octanol–water partition coefficient (Wildman–Crippen LogP) is 2.18. The molecule has 1 aromatic rings. The van der Waals surface area contributed by atoms with Crippen LogP contribution < -0.4 is 10.6 Å². The molecule has 0 saturated heterocycles. The Morgan fingerprint density at radius 2 is 1.94 bits per heavy atom. The molecule has 0 bridgehead atoms. The van der Waals surface area contributed by atoms with E-state index in [1.807, 2.05) is 45.2 Å². The summed E-state index contributed by atoms with van der Waals surface area (Å²) in [4.78, 5) is 2.58. The molecule has 0 spiro atoms. The van der Waals surface area contributed by atoms with Gasteiger partial charge >= 0.3 is 0 Å². The predicted molar refractivity (Wildman–Crippen MR) is 76.7 cm³/mol. The second-order valence-corrected chi connectivity index (χ2v) is 4.69. The second kappa shape index (κ2) is 6.57. The van der Waals surface area contributed by atoms with E-state index in [0.717, 1.165) is 24.4 Å². The van der Waals surface area contributed by atoms with Gasteiger partial charge in [0.1, 0.15) is 4.99 Å². The van der Waals surface area contributed by atoms with E-state index >= 15 is 0 Å². The highest BCUT2D eigenvalue weighted by Crippen LogP contribution is 2.13. The third-order valence-electron chi connectivity index (χ3n) is 2.47. The summed E-state index contributed by atoms with van der Waals surface area (Å²) in [6.07, 6.45) is 0.278. The Bertz CT molecular complexity index is 362. The molecule has 0 atom stereocenters. The maximum atomic E-state index is 5.55. The van der Waals surface area contributed by atoms with E-state index < -0.39 is 0 Å². The molecule has 3 nitrogen and oxygen atoms in total. The quantitative estimate of drug-likeness (QED) is 0.788. The Morgan fingerprint density at radius 1 is 1.35 bits per heavy atom. The van der Waals surface area contributed by atoms with Gasteiger partial charge in [-0.2, -0.15) is 0 Å². The molecule has 0 radical (unpaired) electrons. The van der Waals surface area contributed by atoms with E-state index in [4.69, 9.17) is 22.7 Å². The highest BCUT2D eigenvalue weighted by atomic mass is 32.1.